The summed E-state index contributed by atoms with van der Waals surface area (Å²) in [5.74, 6) is -0.187. The number of rotatable bonds is 15. The van der Waals surface area contributed by atoms with Crippen molar-refractivity contribution < 1.29 is 24.5 Å². The molecule has 11 heteroatoms. The number of aromatic nitrogens is 5. The van der Waals surface area contributed by atoms with Crippen molar-refractivity contribution in [1.29, 1.82) is 0 Å². The average molecular weight is 1890 g/mol. The van der Waals surface area contributed by atoms with Crippen LogP contribution in [0.15, 0.2) is 523 Å². The Morgan fingerprint density at radius 1 is 0.234 bits per heavy atom. The van der Waals surface area contributed by atoms with Crippen LogP contribution in [-0.2, 0) is 25.7 Å². The van der Waals surface area contributed by atoms with Crippen LogP contribution in [0.25, 0.3) is 191 Å². The van der Waals surface area contributed by atoms with Crippen molar-refractivity contribution in [3.63, 3.8) is 0 Å². The Hall–Kier alpha value is -18.6. The second-order valence-electron chi connectivity index (χ2n) is 36.6. The van der Waals surface area contributed by atoms with E-state index in [9.17, 15) is 4.39 Å². The summed E-state index contributed by atoms with van der Waals surface area (Å²) in [6.07, 6.45) is 11.0. The number of halogens is 1. The molecule has 0 fully saturated rings. The zero-order chi connectivity index (χ0) is 101. The molecule has 0 radical (unpaired) electrons. The number of hydrogen-bond acceptors (Lipinski definition) is 7. The summed E-state index contributed by atoms with van der Waals surface area (Å²) in [6.45, 7) is 0. The van der Waals surface area contributed by atoms with Crippen molar-refractivity contribution in [2.24, 2.45) is 0 Å². The molecule has 0 unspecified atom stereocenters. The number of para-hydroxylation sites is 7. The third kappa shape index (κ3) is 17.8. The summed E-state index contributed by atoms with van der Waals surface area (Å²) in [5, 5.41) is 20.6. The third-order valence-electron chi connectivity index (χ3n) is 27.4. The molecule has 9 aromatic heterocycles. The molecule has 9 nitrogen and oxygen atoms in total. The molecule has 29 rings (SSSR count). The highest BCUT2D eigenvalue weighted by atomic mass is 32.1. The highest BCUT2D eigenvalue weighted by molar-refractivity contribution is 7.25. The predicted octanol–water partition coefficient (Wildman–Crippen LogP) is 36.2. The van der Waals surface area contributed by atoms with E-state index in [2.05, 4.69) is 351 Å². The first kappa shape index (κ1) is 82.4. The van der Waals surface area contributed by atoms with Gasteiger partial charge in [0.25, 0.3) is 0 Å². The van der Waals surface area contributed by atoms with Gasteiger partial charge >= 0.3 is 0 Å². The van der Waals surface area contributed by atoms with E-state index in [1.807, 2.05) is 157 Å². The smallest absolute Gasteiger partial charge is 0.135 e. The number of nitrogens with zero attached hydrogens (tertiary/aromatic N) is 5. The molecule has 0 amide bonds. The van der Waals surface area contributed by atoms with E-state index in [1.165, 1.54) is 136 Å². The van der Waals surface area contributed by atoms with E-state index in [-0.39, 0.29) is 41.6 Å². The van der Waals surface area contributed by atoms with Gasteiger partial charge in [0.2, 0.25) is 0 Å². The first-order chi connectivity index (χ1) is 73.8. The molecule has 0 aliphatic heterocycles. The number of benzene rings is 20. The Bertz CT molecular complexity index is 9310. The van der Waals surface area contributed by atoms with Gasteiger partial charge in [0.15, 0.2) is 0 Å². The monoisotopic (exact) mass is 1890 g/mol. The molecule has 29 aromatic rings. The summed E-state index contributed by atoms with van der Waals surface area (Å²) in [5.41, 5.74) is 31.2. The minimum atomic E-state index is -0.377. The summed E-state index contributed by atoms with van der Waals surface area (Å²) < 4.78 is 80.1. The van der Waals surface area contributed by atoms with Gasteiger partial charge in [0.1, 0.15) is 39.3 Å². The van der Waals surface area contributed by atoms with Crippen molar-refractivity contribution >= 4 is 174 Å². The lowest BCUT2D eigenvalue weighted by molar-refractivity contribution is 0.627. The maximum Gasteiger partial charge on any atom is 0.135 e. The van der Waals surface area contributed by atoms with E-state index < -0.39 is 0 Å². The summed E-state index contributed by atoms with van der Waals surface area (Å²) in [7, 11) is 0. The normalized spacial score (nSPS) is 11.9. The van der Waals surface area contributed by atoms with Crippen LogP contribution in [0.4, 0.5) is 15.8 Å². The van der Waals surface area contributed by atoms with Gasteiger partial charge in [-0.3, -0.25) is 9.97 Å². The van der Waals surface area contributed by atoms with E-state index in [4.69, 9.17) is 20.1 Å². The lowest BCUT2D eigenvalue weighted by Crippen LogP contribution is -1.95. The van der Waals surface area contributed by atoms with Gasteiger partial charge in [0, 0.05) is 126 Å². The molecule has 20 aromatic carbocycles. The van der Waals surface area contributed by atoms with Crippen LogP contribution in [0, 0.1) is 5.82 Å². The number of furan rings is 3. The van der Waals surface area contributed by atoms with Crippen LogP contribution in [0.2, 0.25) is 0 Å². The SMILES string of the molecule is Fc1ccc(Cc2ccc(-c3ccccc3)cc2)cc1.[2H]c1c([2H])c([2H])c(-c2ccc(Cc3ccc4oc5ccccc5c4c3)cc2)c([2H])c1[2H].c1ccc2c(c1)oc1ccc(Cc3ccc(-n4c5ccccc5c5ccncc54)cc3)cc12.c1ccc2c(c1)oc1ccc(Nc3ccc(-n4c5ccccc5c5ccccc54)cc3)cc12.c1ccc2c(c1)sc1ccc(Cc3ccc(-n4c5ccccc5c5ccncc54)cc3)cc12. The number of hydrogen-bond donors (Lipinski definition) is 1. The standard InChI is InChI=1S/2C30H20N2O.C30H20N2S.C25H18O.C19H15F/c1-4-10-27-23(7-1)24-8-2-5-11-28(24)32(27)22-16-13-20(14-17-22)31-21-15-18-30-26(19-21)25-9-3-6-12-29(25)33-30;2*1-3-7-27-23(5-1)24-15-16-31-19-28(24)32(27)22-12-9-20(10-13-22)17-21-11-14-30-26(18-21)25-6-2-4-8-29(25)33-30;1-2-6-20(7-3-1)21-13-10-18(11-14-21)16-19-12-15-25-23(17-19)22-8-4-5-9-24(22)26-25;20-19-12-8-16(9-13-19)14-15-6-10-18(11-7-15)17-4-2-1-3-5-17/h1-19,31H;2*1-16,18-19H,17H2;1-15,17H,16H2;1-13H,14H2/i;;;1D,2D,3D,6D,7D;. The third-order valence-corrected chi connectivity index (χ3v) is 28.5. The minimum absolute atomic E-state index is 0.184. The van der Waals surface area contributed by atoms with Gasteiger partial charge < -0.3 is 32.3 Å². The highest BCUT2D eigenvalue weighted by Crippen LogP contribution is 2.41. The van der Waals surface area contributed by atoms with Crippen molar-refractivity contribution in [2.45, 2.75) is 25.7 Å². The molecule has 1 N–H and O–H groups in total. The van der Waals surface area contributed by atoms with Gasteiger partial charge in [-0.25, -0.2) is 4.39 Å². The van der Waals surface area contributed by atoms with Crippen molar-refractivity contribution in [3.8, 4) is 39.3 Å². The Kier molecular flexibility index (Phi) is 22.1. The van der Waals surface area contributed by atoms with Crippen LogP contribution in [0.3, 0.4) is 0 Å². The summed E-state index contributed by atoms with van der Waals surface area (Å²) >= 11 is 1.87. The van der Waals surface area contributed by atoms with Crippen LogP contribution in [0.5, 0.6) is 0 Å². The van der Waals surface area contributed by atoms with Crippen LogP contribution in [0.1, 0.15) is 51.4 Å². The molecule has 0 saturated heterocycles. The molecule has 0 bridgehead atoms. The van der Waals surface area contributed by atoms with E-state index in [0.29, 0.717) is 5.56 Å². The molecule has 0 atom stereocenters. The number of thiophene rings is 1. The zero-order valence-electron chi connectivity index (χ0n) is 83.7. The molecule has 0 spiro atoms. The van der Waals surface area contributed by atoms with Gasteiger partial charge in [-0.1, -0.05) is 309 Å². The highest BCUT2D eigenvalue weighted by Gasteiger charge is 2.20. The van der Waals surface area contributed by atoms with E-state index in [1.54, 1.807) is 0 Å². The lowest BCUT2D eigenvalue weighted by atomic mass is 9.99. The Labute approximate surface area is 847 Å². The fourth-order valence-electron chi connectivity index (χ4n) is 20.4. The van der Waals surface area contributed by atoms with Gasteiger partial charge in [-0.05, 0) is 268 Å². The minimum Gasteiger partial charge on any atom is -0.456 e. The molecule has 0 aliphatic carbocycles. The van der Waals surface area contributed by atoms with Crippen molar-refractivity contribution in [2.75, 3.05) is 5.32 Å². The molecular weight excluding hydrogens is 1790 g/mol. The second kappa shape index (κ2) is 38.9. The van der Waals surface area contributed by atoms with Gasteiger partial charge in [-0.15, -0.1) is 11.3 Å². The predicted molar refractivity (Wildman–Crippen MR) is 603 cm³/mol. The number of pyridine rings is 2. The van der Waals surface area contributed by atoms with Crippen molar-refractivity contribution in [3.05, 3.63) is 560 Å². The van der Waals surface area contributed by atoms with Gasteiger partial charge in [-0.2, -0.15) is 0 Å². The fourth-order valence-corrected chi connectivity index (χ4v) is 21.5. The first-order valence-electron chi connectivity index (χ1n) is 51.2. The summed E-state index contributed by atoms with van der Waals surface area (Å²) in [4.78, 5) is 8.77. The second-order valence-corrected chi connectivity index (χ2v) is 37.6. The molecule has 9 heterocycles. The van der Waals surface area contributed by atoms with E-state index in [0.717, 1.165) is 137 Å². The van der Waals surface area contributed by atoms with Crippen molar-refractivity contribution in [1.82, 2.24) is 23.7 Å². The van der Waals surface area contributed by atoms with Gasteiger partial charge in [0.05, 0.1) is 52.3 Å². The quantitative estimate of drug-likeness (QED) is 0.110. The Morgan fingerprint density at radius 2 is 0.545 bits per heavy atom. The Balaban J connectivity index is 0.0000000979. The largest absolute Gasteiger partial charge is 0.456 e. The maximum absolute atomic E-state index is 12.9. The molecule has 0 aliphatic rings. The number of nitrogens with one attached hydrogen (secondary N) is 1. The molecule has 0 saturated carbocycles. The number of fused-ring (bicyclic) bond motifs is 21. The molecular formula is C134H93FN6O3S. The zero-order valence-corrected chi connectivity index (χ0v) is 79.5. The Morgan fingerprint density at radius 3 is 1.01 bits per heavy atom. The average Bonchev–Trinajstić information content (AvgIpc) is 1.59. The van der Waals surface area contributed by atoms with E-state index >= 15 is 0 Å². The number of anilines is 2. The maximum atomic E-state index is 12.9. The lowest BCUT2D eigenvalue weighted by Gasteiger charge is -2.10. The van der Waals surface area contributed by atoms with Crippen LogP contribution >= 0.6 is 11.3 Å². The summed E-state index contributed by atoms with van der Waals surface area (Å²) in [6, 6.07) is 155. The van der Waals surface area contributed by atoms with Crippen LogP contribution in [-0.4, -0.2) is 23.7 Å². The first-order valence-corrected chi connectivity index (χ1v) is 49.5. The molecule has 145 heavy (non-hydrogen) atoms. The van der Waals surface area contributed by atoms with Crippen LogP contribution < -0.4 is 5.32 Å². The molecule has 690 valence electrons. The topological polar surface area (TPSA) is 92.0 Å². The fraction of sp³-hybridized carbons (Fsp3) is 0.0299.